The number of benzene rings is 1. The minimum atomic E-state index is -0.702. The quantitative estimate of drug-likeness (QED) is 0.634. The van der Waals surface area contributed by atoms with Crippen molar-refractivity contribution in [2.75, 3.05) is 11.4 Å². The van der Waals surface area contributed by atoms with E-state index in [0.29, 0.717) is 11.3 Å². The summed E-state index contributed by atoms with van der Waals surface area (Å²) < 4.78 is 0. The van der Waals surface area contributed by atoms with Crippen LogP contribution in [0.1, 0.15) is 45.8 Å². The fourth-order valence-electron chi connectivity index (χ4n) is 2.09. The molecule has 1 aromatic carbocycles. The summed E-state index contributed by atoms with van der Waals surface area (Å²) in [6, 6.07) is 5.13. The molecule has 1 rings (SSSR count). The first-order valence-corrected chi connectivity index (χ1v) is 6.61. The Morgan fingerprint density at radius 2 is 2.00 bits per heavy atom. The molecule has 5 nitrogen and oxygen atoms in total. The van der Waals surface area contributed by atoms with Crippen molar-refractivity contribution in [2.24, 2.45) is 0 Å². The van der Waals surface area contributed by atoms with Crippen LogP contribution in [-0.2, 0) is 0 Å². The lowest BCUT2D eigenvalue weighted by Crippen LogP contribution is -2.32. The number of nitrogens with zero attached hydrogens (tertiary/aromatic N) is 2. The van der Waals surface area contributed by atoms with Crippen LogP contribution in [0.2, 0.25) is 0 Å². The van der Waals surface area contributed by atoms with E-state index in [0.717, 1.165) is 13.0 Å². The monoisotopic (exact) mass is 266 g/mol. The number of anilines is 1. The van der Waals surface area contributed by atoms with Crippen molar-refractivity contribution in [3.63, 3.8) is 0 Å². The number of aliphatic hydroxyl groups is 1. The molecule has 0 saturated heterocycles. The van der Waals surface area contributed by atoms with E-state index in [-0.39, 0.29) is 16.7 Å². The van der Waals surface area contributed by atoms with Gasteiger partial charge in [-0.1, -0.05) is 13.0 Å². The van der Waals surface area contributed by atoms with Crippen molar-refractivity contribution in [2.45, 2.75) is 46.3 Å². The SMILES string of the molecule is CCCN(c1ccc([C@H](C)O)cc1[N+](=O)[O-])C(C)C. The van der Waals surface area contributed by atoms with Gasteiger partial charge >= 0.3 is 0 Å². The Morgan fingerprint density at radius 3 is 2.42 bits per heavy atom. The molecule has 1 aromatic rings. The topological polar surface area (TPSA) is 66.6 Å². The van der Waals surface area contributed by atoms with E-state index in [1.807, 2.05) is 25.7 Å². The van der Waals surface area contributed by atoms with Crippen LogP contribution in [0.4, 0.5) is 11.4 Å². The molecule has 0 aliphatic rings. The highest BCUT2D eigenvalue weighted by molar-refractivity contribution is 5.65. The molecule has 0 aromatic heterocycles. The van der Waals surface area contributed by atoms with E-state index in [1.165, 1.54) is 6.07 Å². The molecule has 0 aliphatic carbocycles. The highest BCUT2D eigenvalue weighted by atomic mass is 16.6. The Hall–Kier alpha value is -1.62. The van der Waals surface area contributed by atoms with Gasteiger partial charge in [-0.15, -0.1) is 0 Å². The van der Waals surface area contributed by atoms with Crippen LogP contribution in [0.5, 0.6) is 0 Å². The zero-order chi connectivity index (χ0) is 14.6. The van der Waals surface area contributed by atoms with E-state index in [2.05, 4.69) is 0 Å². The summed E-state index contributed by atoms with van der Waals surface area (Å²) in [5.74, 6) is 0. The summed E-state index contributed by atoms with van der Waals surface area (Å²) in [7, 11) is 0. The van der Waals surface area contributed by atoms with E-state index in [4.69, 9.17) is 0 Å². The van der Waals surface area contributed by atoms with Gasteiger partial charge in [0.15, 0.2) is 0 Å². The van der Waals surface area contributed by atoms with Gasteiger partial charge in [-0.25, -0.2) is 0 Å². The lowest BCUT2D eigenvalue weighted by atomic mass is 10.1. The van der Waals surface area contributed by atoms with Crippen LogP contribution >= 0.6 is 0 Å². The Bertz CT molecular complexity index is 444. The van der Waals surface area contributed by atoms with Crippen molar-refractivity contribution in [3.05, 3.63) is 33.9 Å². The standard InChI is InChI=1S/C14H22N2O3/c1-5-8-15(10(2)3)13-7-6-12(11(4)17)9-14(13)16(18)19/h6-7,9-11,17H,5,8H2,1-4H3/t11-/m0/s1. The Morgan fingerprint density at radius 1 is 1.37 bits per heavy atom. The molecule has 0 saturated carbocycles. The van der Waals surface area contributed by atoms with Crippen LogP contribution in [0.3, 0.4) is 0 Å². The van der Waals surface area contributed by atoms with E-state index < -0.39 is 6.10 Å². The van der Waals surface area contributed by atoms with Gasteiger partial charge in [0, 0.05) is 18.7 Å². The zero-order valence-electron chi connectivity index (χ0n) is 12.0. The smallest absolute Gasteiger partial charge is 0.292 e. The van der Waals surface area contributed by atoms with Crippen LogP contribution in [0.15, 0.2) is 18.2 Å². The number of nitro groups is 1. The van der Waals surface area contributed by atoms with Gasteiger partial charge < -0.3 is 10.0 Å². The molecule has 0 bridgehead atoms. The van der Waals surface area contributed by atoms with E-state index in [9.17, 15) is 15.2 Å². The fourth-order valence-corrected chi connectivity index (χ4v) is 2.09. The summed E-state index contributed by atoms with van der Waals surface area (Å²) in [6.07, 6.45) is 0.222. The van der Waals surface area contributed by atoms with Gasteiger partial charge in [0.2, 0.25) is 0 Å². The third kappa shape index (κ3) is 3.67. The summed E-state index contributed by atoms with van der Waals surface area (Å²) in [6.45, 7) is 8.45. The summed E-state index contributed by atoms with van der Waals surface area (Å²) >= 11 is 0. The molecule has 106 valence electrons. The largest absolute Gasteiger partial charge is 0.389 e. The van der Waals surface area contributed by atoms with Crippen LogP contribution in [0.25, 0.3) is 0 Å². The Labute approximate surface area is 114 Å². The van der Waals surface area contributed by atoms with Crippen molar-refractivity contribution in [1.29, 1.82) is 0 Å². The molecular weight excluding hydrogens is 244 g/mol. The van der Waals surface area contributed by atoms with Gasteiger partial charge in [-0.3, -0.25) is 10.1 Å². The summed E-state index contributed by atoms with van der Waals surface area (Å²) in [4.78, 5) is 12.9. The molecule has 0 fully saturated rings. The van der Waals surface area contributed by atoms with Crippen molar-refractivity contribution in [3.8, 4) is 0 Å². The Kier molecular flexibility index (Phi) is 5.30. The molecule has 0 radical (unpaired) electrons. The number of hydrogen-bond acceptors (Lipinski definition) is 4. The molecule has 0 unspecified atom stereocenters. The minimum absolute atomic E-state index is 0.0561. The number of nitro benzene ring substituents is 1. The average Bonchev–Trinajstić information content (AvgIpc) is 2.34. The molecule has 1 N–H and O–H groups in total. The van der Waals surface area contributed by atoms with Crippen molar-refractivity contribution >= 4 is 11.4 Å². The first-order valence-electron chi connectivity index (χ1n) is 6.61. The van der Waals surface area contributed by atoms with E-state index >= 15 is 0 Å². The first kappa shape index (κ1) is 15.4. The predicted octanol–water partition coefficient (Wildman–Crippen LogP) is 3.27. The van der Waals surface area contributed by atoms with Gasteiger partial charge in [0.05, 0.1) is 11.0 Å². The maximum atomic E-state index is 11.2. The maximum absolute atomic E-state index is 11.2. The third-order valence-corrected chi connectivity index (χ3v) is 3.08. The van der Waals surface area contributed by atoms with Gasteiger partial charge in [0.1, 0.15) is 5.69 Å². The highest BCUT2D eigenvalue weighted by Gasteiger charge is 2.22. The second-order valence-corrected chi connectivity index (χ2v) is 4.97. The highest BCUT2D eigenvalue weighted by Crippen LogP contribution is 2.32. The third-order valence-electron chi connectivity index (χ3n) is 3.08. The van der Waals surface area contributed by atoms with Crippen LogP contribution in [0, 0.1) is 10.1 Å². The molecule has 5 heteroatoms. The number of rotatable bonds is 6. The lowest BCUT2D eigenvalue weighted by molar-refractivity contribution is -0.384. The average molecular weight is 266 g/mol. The number of hydrogen-bond donors (Lipinski definition) is 1. The minimum Gasteiger partial charge on any atom is -0.389 e. The normalized spacial score (nSPS) is 12.5. The molecule has 0 amide bonds. The fraction of sp³-hybridized carbons (Fsp3) is 0.571. The maximum Gasteiger partial charge on any atom is 0.292 e. The van der Waals surface area contributed by atoms with Gasteiger partial charge in [-0.05, 0) is 38.8 Å². The second kappa shape index (κ2) is 6.52. The molecule has 0 spiro atoms. The van der Waals surface area contributed by atoms with E-state index in [1.54, 1.807) is 19.1 Å². The lowest BCUT2D eigenvalue weighted by Gasteiger charge is -2.28. The van der Waals surface area contributed by atoms with Crippen molar-refractivity contribution < 1.29 is 10.0 Å². The first-order chi connectivity index (χ1) is 8.88. The van der Waals surface area contributed by atoms with Gasteiger partial charge in [0.25, 0.3) is 5.69 Å². The van der Waals surface area contributed by atoms with Crippen molar-refractivity contribution in [1.82, 2.24) is 0 Å². The number of aliphatic hydroxyl groups excluding tert-OH is 1. The summed E-state index contributed by atoms with van der Waals surface area (Å²) in [5.41, 5.74) is 1.24. The second-order valence-electron chi connectivity index (χ2n) is 4.97. The zero-order valence-corrected chi connectivity index (χ0v) is 12.0. The summed E-state index contributed by atoms with van der Waals surface area (Å²) in [5, 5.41) is 20.8. The van der Waals surface area contributed by atoms with Gasteiger partial charge in [-0.2, -0.15) is 0 Å². The Balaban J connectivity index is 3.28. The van der Waals surface area contributed by atoms with Crippen LogP contribution in [-0.4, -0.2) is 22.6 Å². The predicted molar refractivity (Wildman–Crippen MR) is 76.5 cm³/mol. The van der Waals surface area contributed by atoms with Crippen LogP contribution < -0.4 is 4.90 Å². The molecule has 0 heterocycles. The molecule has 1 atom stereocenters. The molecular formula is C14H22N2O3. The molecule has 0 aliphatic heterocycles. The molecule has 19 heavy (non-hydrogen) atoms.